The fraction of sp³-hybridized carbons (Fsp3) is 0.120. The number of aromatic nitrogens is 4. The Kier molecular flexibility index (Phi) is 6.54. The number of hydrogen-bond donors (Lipinski definition) is 2. The second-order valence-corrected chi connectivity index (χ2v) is 7.63. The summed E-state index contributed by atoms with van der Waals surface area (Å²) in [5.74, 6) is -2.31. The second kappa shape index (κ2) is 9.86. The van der Waals surface area contributed by atoms with Crippen molar-refractivity contribution in [3.63, 3.8) is 0 Å². The molecular formula is C25H22N6O3. The highest BCUT2D eigenvalue weighted by Gasteiger charge is 2.27. The number of carbonyl (C=O) groups excluding carboxylic acids is 3. The lowest BCUT2D eigenvalue weighted by Gasteiger charge is -2.15. The lowest BCUT2D eigenvalue weighted by Crippen LogP contribution is -2.47. The van der Waals surface area contributed by atoms with E-state index < -0.39 is 23.6 Å². The molecule has 9 nitrogen and oxygen atoms in total. The van der Waals surface area contributed by atoms with Gasteiger partial charge in [-0.3, -0.25) is 14.4 Å². The summed E-state index contributed by atoms with van der Waals surface area (Å²) in [6.07, 6.45) is 1.74. The summed E-state index contributed by atoms with van der Waals surface area (Å²) in [6, 6.07) is 20.9. The third kappa shape index (κ3) is 5.04. The van der Waals surface area contributed by atoms with E-state index in [2.05, 4.69) is 20.4 Å². The van der Waals surface area contributed by atoms with Crippen LogP contribution in [0.1, 0.15) is 21.7 Å². The molecule has 0 spiro atoms. The lowest BCUT2D eigenvalue weighted by atomic mass is 10.0. The number of nitrogens with one attached hydrogen (secondary N) is 1. The number of nitrogens with zero attached hydrogens (tertiary/aromatic N) is 4. The number of aryl methyl sites for hydroxylation is 1. The van der Waals surface area contributed by atoms with Gasteiger partial charge in [-0.25, -0.2) is 14.6 Å². The van der Waals surface area contributed by atoms with Crippen molar-refractivity contribution < 1.29 is 14.4 Å². The zero-order valence-electron chi connectivity index (χ0n) is 18.4. The van der Waals surface area contributed by atoms with E-state index in [1.165, 1.54) is 4.68 Å². The number of benzene rings is 2. The number of hydrogen-bond acceptors (Lipinski definition) is 6. The summed E-state index contributed by atoms with van der Waals surface area (Å²) >= 11 is 0. The fourth-order valence-corrected chi connectivity index (χ4v) is 3.47. The Morgan fingerprint density at radius 3 is 2.35 bits per heavy atom. The number of carbonyl (C=O) groups is 3. The van der Waals surface area contributed by atoms with E-state index in [1.54, 1.807) is 49.5 Å². The summed E-state index contributed by atoms with van der Waals surface area (Å²) in [5.41, 5.74) is 8.28. The second-order valence-electron chi connectivity index (χ2n) is 7.63. The molecular weight excluding hydrogens is 432 g/mol. The fourth-order valence-electron chi connectivity index (χ4n) is 3.47. The van der Waals surface area contributed by atoms with Gasteiger partial charge in [-0.1, -0.05) is 60.7 Å². The molecule has 1 atom stereocenters. The number of ketones is 1. The molecule has 0 bridgehead atoms. The predicted molar refractivity (Wildman–Crippen MR) is 125 cm³/mol. The first-order valence-corrected chi connectivity index (χ1v) is 10.6. The van der Waals surface area contributed by atoms with Crippen molar-refractivity contribution in [1.82, 2.24) is 25.1 Å². The Labute approximate surface area is 195 Å². The van der Waals surface area contributed by atoms with Crippen molar-refractivity contribution in [2.75, 3.05) is 0 Å². The minimum absolute atomic E-state index is 0.0570. The van der Waals surface area contributed by atoms with Crippen LogP contribution >= 0.6 is 0 Å². The molecule has 1 unspecified atom stereocenters. The van der Waals surface area contributed by atoms with Gasteiger partial charge in [0.05, 0.1) is 5.69 Å². The summed E-state index contributed by atoms with van der Waals surface area (Å²) in [7, 11) is 0. The van der Waals surface area contributed by atoms with Gasteiger partial charge in [0.2, 0.25) is 5.78 Å². The summed E-state index contributed by atoms with van der Waals surface area (Å²) < 4.78 is 1.45. The molecule has 0 saturated heterocycles. The maximum Gasteiger partial charge on any atom is 0.287 e. The van der Waals surface area contributed by atoms with Gasteiger partial charge in [0.1, 0.15) is 6.04 Å². The third-order valence-electron chi connectivity index (χ3n) is 5.17. The van der Waals surface area contributed by atoms with Crippen molar-refractivity contribution in [2.45, 2.75) is 19.4 Å². The van der Waals surface area contributed by atoms with E-state index in [0.29, 0.717) is 17.3 Å². The maximum absolute atomic E-state index is 12.9. The minimum Gasteiger partial charge on any atom is -0.363 e. The molecule has 2 amide bonds. The van der Waals surface area contributed by atoms with E-state index in [0.717, 1.165) is 11.1 Å². The van der Waals surface area contributed by atoms with Crippen LogP contribution in [0.15, 0.2) is 79.0 Å². The van der Waals surface area contributed by atoms with Crippen molar-refractivity contribution in [2.24, 2.45) is 5.73 Å². The molecule has 34 heavy (non-hydrogen) atoms. The van der Waals surface area contributed by atoms with Crippen LogP contribution in [-0.2, 0) is 16.0 Å². The van der Waals surface area contributed by atoms with Crippen LogP contribution in [-0.4, -0.2) is 43.4 Å². The molecule has 0 saturated carbocycles. The standard InChI is InChI=1S/C25H22N6O3/c1-16-14-21(24(34)28-20(22(32)23(26)33)15-17-8-4-2-5-9-17)30-31(16)25-27-13-12-19(29-25)18-10-6-3-7-11-18/h2-14,20H,15H2,1H3,(H2,26,33)(H,28,34). The number of nitrogens with two attached hydrogens (primary N) is 1. The van der Waals surface area contributed by atoms with Crippen molar-refractivity contribution >= 4 is 17.6 Å². The van der Waals surface area contributed by atoms with Gasteiger partial charge in [0.15, 0.2) is 5.69 Å². The largest absolute Gasteiger partial charge is 0.363 e. The number of Topliss-reactive ketones (excluding diaryl/α,β-unsaturated/α-hetero) is 1. The molecule has 4 rings (SSSR count). The highest BCUT2D eigenvalue weighted by Crippen LogP contribution is 2.17. The minimum atomic E-state index is -1.12. The lowest BCUT2D eigenvalue weighted by molar-refractivity contribution is -0.137. The molecule has 2 heterocycles. The summed E-state index contributed by atoms with van der Waals surface area (Å²) in [5, 5.41) is 6.92. The van der Waals surface area contributed by atoms with Gasteiger partial charge in [0.25, 0.3) is 17.8 Å². The van der Waals surface area contributed by atoms with E-state index in [1.807, 2.05) is 36.4 Å². The Balaban J connectivity index is 1.58. The van der Waals surface area contributed by atoms with Gasteiger partial charge in [0, 0.05) is 23.9 Å². The van der Waals surface area contributed by atoms with Crippen LogP contribution in [0.2, 0.25) is 0 Å². The molecule has 0 aliphatic heterocycles. The van der Waals surface area contributed by atoms with E-state index in [-0.39, 0.29) is 12.1 Å². The average molecular weight is 454 g/mol. The highest BCUT2D eigenvalue weighted by molar-refractivity contribution is 6.38. The van der Waals surface area contributed by atoms with Crippen molar-refractivity contribution in [3.05, 3.63) is 95.9 Å². The first-order chi connectivity index (χ1) is 16.4. The molecule has 170 valence electrons. The number of primary amides is 1. The van der Waals surface area contributed by atoms with E-state index >= 15 is 0 Å². The molecule has 4 aromatic rings. The van der Waals surface area contributed by atoms with Gasteiger partial charge < -0.3 is 11.1 Å². The molecule has 0 aliphatic carbocycles. The third-order valence-corrected chi connectivity index (χ3v) is 5.17. The Morgan fingerprint density at radius 2 is 1.68 bits per heavy atom. The predicted octanol–water partition coefficient (Wildman–Crippen LogP) is 2.03. The molecule has 9 heteroatoms. The SMILES string of the molecule is Cc1cc(C(=O)NC(Cc2ccccc2)C(=O)C(N)=O)nn1-c1nccc(-c2ccccc2)n1. The van der Waals surface area contributed by atoms with Crippen molar-refractivity contribution in [1.29, 1.82) is 0 Å². The van der Waals surface area contributed by atoms with Crippen LogP contribution in [0.5, 0.6) is 0 Å². The van der Waals surface area contributed by atoms with Gasteiger partial charge >= 0.3 is 0 Å². The quantitative estimate of drug-likeness (QED) is 0.392. The highest BCUT2D eigenvalue weighted by atomic mass is 16.2. The Morgan fingerprint density at radius 1 is 1.00 bits per heavy atom. The first-order valence-electron chi connectivity index (χ1n) is 10.6. The van der Waals surface area contributed by atoms with Gasteiger partial charge in [-0.15, -0.1) is 0 Å². The van der Waals surface area contributed by atoms with Gasteiger partial charge in [-0.05, 0) is 24.6 Å². The summed E-state index contributed by atoms with van der Waals surface area (Å²) in [4.78, 5) is 45.6. The molecule has 0 radical (unpaired) electrons. The molecule has 0 aliphatic rings. The van der Waals surface area contributed by atoms with Crippen LogP contribution in [0.4, 0.5) is 0 Å². The van der Waals surface area contributed by atoms with Crippen molar-refractivity contribution in [3.8, 4) is 17.2 Å². The summed E-state index contributed by atoms with van der Waals surface area (Å²) in [6.45, 7) is 1.76. The van der Waals surface area contributed by atoms with Crippen LogP contribution in [0.3, 0.4) is 0 Å². The van der Waals surface area contributed by atoms with Crippen LogP contribution in [0, 0.1) is 6.92 Å². The average Bonchev–Trinajstić information content (AvgIpc) is 3.26. The smallest absolute Gasteiger partial charge is 0.287 e. The number of rotatable bonds is 8. The zero-order chi connectivity index (χ0) is 24.1. The normalized spacial score (nSPS) is 11.6. The van der Waals surface area contributed by atoms with Crippen LogP contribution in [0.25, 0.3) is 17.2 Å². The Hall–Kier alpha value is -4.66. The molecule has 2 aromatic heterocycles. The topological polar surface area (TPSA) is 133 Å². The first kappa shape index (κ1) is 22.5. The molecule has 3 N–H and O–H groups in total. The molecule has 2 aromatic carbocycles. The molecule has 0 fully saturated rings. The maximum atomic E-state index is 12.9. The van der Waals surface area contributed by atoms with Gasteiger partial charge in [-0.2, -0.15) is 5.10 Å². The van der Waals surface area contributed by atoms with E-state index in [9.17, 15) is 14.4 Å². The Bertz CT molecular complexity index is 1340. The number of amides is 2. The zero-order valence-corrected chi connectivity index (χ0v) is 18.4. The van der Waals surface area contributed by atoms with E-state index in [4.69, 9.17) is 5.73 Å². The van der Waals surface area contributed by atoms with Crippen LogP contribution < -0.4 is 11.1 Å². The monoisotopic (exact) mass is 454 g/mol.